The molecule has 0 bridgehead atoms. The molecule has 0 saturated carbocycles. The van der Waals surface area contributed by atoms with Crippen LogP contribution >= 0.6 is 11.6 Å². The molecule has 1 unspecified atom stereocenters. The largest absolute Gasteiger partial charge is 0.361 e. The van der Waals surface area contributed by atoms with Crippen LogP contribution in [0.25, 0.3) is 0 Å². The van der Waals surface area contributed by atoms with Gasteiger partial charge in [-0.1, -0.05) is 16.8 Å². The maximum atomic E-state index is 13.4. The molecule has 1 N–H and O–H groups in total. The van der Waals surface area contributed by atoms with Crippen LogP contribution in [0.2, 0.25) is 5.02 Å². The number of hydrogen-bond acceptors (Lipinski definition) is 5. The smallest absolute Gasteiger partial charge is 0.222 e. The lowest BCUT2D eigenvalue weighted by molar-refractivity contribution is -0.131. The molecule has 1 saturated heterocycles. The lowest BCUT2D eigenvalue weighted by atomic mass is 10.1. The first kappa shape index (κ1) is 21.7. The minimum atomic E-state index is -3.74. The summed E-state index contributed by atoms with van der Waals surface area (Å²) in [5.74, 6) is -0.338. The number of aromatic nitrogens is 1. The summed E-state index contributed by atoms with van der Waals surface area (Å²) in [5.41, 5.74) is 1.81. The maximum Gasteiger partial charge on any atom is 0.222 e. The van der Waals surface area contributed by atoms with Crippen molar-refractivity contribution in [2.75, 3.05) is 6.54 Å². The number of amides is 1. The molecule has 10 heteroatoms. The van der Waals surface area contributed by atoms with Gasteiger partial charge < -0.3 is 9.42 Å². The van der Waals surface area contributed by atoms with Gasteiger partial charge in [-0.2, -0.15) is 0 Å². The minimum Gasteiger partial charge on any atom is -0.361 e. The molecule has 0 aliphatic carbocycles. The fourth-order valence-electron chi connectivity index (χ4n) is 3.39. The van der Waals surface area contributed by atoms with E-state index in [0.29, 0.717) is 31.7 Å². The van der Waals surface area contributed by atoms with Gasteiger partial charge >= 0.3 is 0 Å². The lowest BCUT2D eigenvalue weighted by Crippen LogP contribution is -2.36. The summed E-state index contributed by atoms with van der Waals surface area (Å²) in [4.78, 5) is 14.2. The van der Waals surface area contributed by atoms with Crippen molar-refractivity contribution in [2.24, 2.45) is 0 Å². The van der Waals surface area contributed by atoms with Gasteiger partial charge in [0.2, 0.25) is 15.9 Å². The molecule has 0 spiro atoms. The summed E-state index contributed by atoms with van der Waals surface area (Å²) in [5, 5.41) is 4.10. The van der Waals surface area contributed by atoms with Gasteiger partial charge in [-0.05, 0) is 50.5 Å². The van der Waals surface area contributed by atoms with Crippen LogP contribution in [0.4, 0.5) is 4.39 Å². The van der Waals surface area contributed by atoms with Gasteiger partial charge in [0.1, 0.15) is 11.6 Å². The van der Waals surface area contributed by atoms with Crippen molar-refractivity contribution in [1.82, 2.24) is 14.8 Å². The second kappa shape index (κ2) is 8.81. The molecule has 7 nitrogen and oxygen atoms in total. The van der Waals surface area contributed by atoms with Gasteiger partial charge in [-0.3, -0.25) is 4.79 Å². The molecule has 1 amide bonds. The number of likely N-dealkylation sites (tertiary alicyclic amines) is 1. The molecule has 2 heterocycles. The highest BCUT2D eigenvalue weighted by molar-refractivity contribution is 7.88. The number of halogens is 2. The first-order valence-electron chi connectivity index (χ1n) is 9.28. The summed E-state index contributed by atoms with van der Waals surface area (Å²) in [6.07, 6.45) is 1.11. The topological polar surface area (TPSA) is 92.5 Å². The van der Waals surface area contributed by atoms with Crippen LogP contribution in [0, 0.1) is 19.7 Å². The third kappa shape index (κ3) is 5.55. The Bertz CT molecular complexity index is 989. The van der Waals surface area contributed by atoms with Crippen molar-refractivity contribution in [3.8, 4) is 0 Å². The second-order valence-corrected chi connectivity index (χ2v) is 9.42. The zero-order valence-electron chi connectivity index (χ0n) is 16.2. The SMILES string of the molecule is Cc1noc(C)c1CN1CCC(NS(=O)(=O)Cc2cc(F)ccc2Cl)CCC1=O. The Morgan fingerprint density at radius 1 is 1.34 bits per heavy atom. The number of rotatable bonds is 6. The monoisotopic (exact) mass is 443 g/mol. The second-order valence-electron chi connectivity index (χ2n) is 7.25. The van der Waals surface area contributed by atoms with Crippen molar-refractivity contribution in [3.63, 3.8) is 0 Å². The van der Waals surface area contributed by atoms with Crippen LogP contribution in [0.1, 0.15) is 41.8 Å². The average molecular weight is 444 g/mol. The van der Waals surface area contributed by atoms with E-state index in [1.54, 1.807) is 11.8 Å². The number of carbonyl (C=O) groups excluding carboxylic acids is 1. The van der Waals surface area contributed by atoms with Crippen molar-refractivity contribution < 1.29 is 22.1 Å². The van der Waals surface area contributed by atoms with Gasteiger partial charge in [0.05, 0.1) is 18.0 Å². The molecular weight excluding hydrogens is 421 g/mol. The van der Waals surface area contributed by atoms with E-state index in [-0.39, 0.29) is 29.0 Å². The predicted molar refractivity (Wildman–Crippen MR) is 106 cm³/mol. The van der Waals surface area contributed by atoms with Crippen LogP contribution in [-0.4, -0.2) is 37.0 Å². The molecular formula is C19H23ClFN3O4S. The predicted octanol–water partition coefficient (Wildman–Crippen LogP) is 3.08. The highest BCUT2D eigenvalue weighted by Crippen LogP contribution is 2.22. The summed E-state index contributed by atoms with van der Waals surface area (Å²) in [7, 11) is -3.74. The highest BCUT2D eigenvalue weighted by atomic mass is 35.5. The Hall–Kier alpha value is -1.97. The van der Waals surface area contributed by atoms with Crippen molar-refractivity contribution in [3.05, 3.63) is 51.6 Å². The van der Waals surface area contributed by atoms with Crippen molar-refractivity contribution in [1.29, 1.82) is 0 Å². The Labute approximate surface area is 174 Å². The van der Waals surface area contributed by atoms with Gasteiger partial charge in [-0.25, -0.2) is 17.5 Å². The number of aryl methyl sites for hydroxylation is 2. The number of carbonyl (C=O) groups is 1. The molecule has 1 aromatic heterocycles. The Morgan fingerprint density at radius 3 is 2.79 bits per heavy atom. The summed E-state index contributed by atoms with van der Waals surface area (Å²) >= 11 is 5.98. The fourth-order valence-corrected chi connectivity index (χ4v) is 5.13. The third-order valence-electron chi connectivity index (χ3n) is 5.04. The molecule has 3 rings (SSSR count). The maximum absolute atomic E-state index is 13.4. The molecule has 1 atom stereocenters. The van der Waals surface area contributed by atoms with Gasteiger partial charge in [0.15, 0.2) is 0 Å². The van der Waals surface area contributed by atoms with E-state index in [2.05, 4.69) is 9.88 Å². The normalized spacial score (nSPS) is 18.1. The first-order chi connectivity index (χ1) is 13.6. The molecule has 2 aromatic rings. The van der Waals surface area contributed by atoms with E-state index >= 15 is 0 Å². The minimum absolute atomic E-state index is 0.0418. The van der Waals surface area contributed by atoms with E-state index in [4.69, 9.17) is 16.1 Å². The van der Waals surface area contributed by atoms with Crippen LogP contribution in [0.5, 0.6) is 0 Å². The number of nitrogens with one attached hydrogen (secondary N) is 1. The van der Waals surface area contributed by atoms with Crippen molar-refractivity contribution in [2.45, 2.75) is 51.4 Å². The zero-order valence-corrected chi connectivity index (χ0v) is 17.8. The van der Waals surface area contributed by atoms with Crippen LogP contribution in [0.15, 0.2) is 22.7 Å². The average Bonchev–Trinajstić information content (AvgIpc) is 2.85. The standard InChI is InChI=1S/C19H23ClFN3O4S/c1-12-17(13(2)28-22-12)10-24-8-7-16(4-6-19(24)25)23-29(26,27)11-14-9-15(21)3-5-18(14)20/h3,5,9,16,23H,4,6-8,10-11H2,1-2H3. The Balaban J connectivity index is 1.64. The summed E-state index contributed by atoms with van der Waals surface area (Å²) in [6, 6.07) is 3.24. The number of nitrogens with zero attached hydrogens (tertiary/aromatic N) is 2. The van der Waals surface area contributed by atoms with E-state index in [1.165, 1.54) is 12.1 Å². The Morgan fingerprint density at radius 2 is 2.10 bits per heavy atom. The van der Waals surface area contributed by atoms with Crippen LogP contribution < -0.4 is 4.72 Å². The number of hydrogen-bond donors (Lipinski definition) is 1. The lowest BCUT2D eigenvalue weighted by Gasteiger charge is -2.21. The number of benzene rings is 1. The molecule has 158 valence electrons. The Kier molecular flexibility index (Phi) is 6.60. The van der Waals surface area contributed by atoms with Gasteiger partial charge in [0.25, 0.3) is 0 Å². The summed E-state index contributed by atoms with van der Waals surface area (Å²) < 4.78 is 46.3. The summed E-state index contributed by atoms with van der Waals surface area (Å²) in [6.45, 7) is 4.42. The van der Waals surface area contributed by atoms with Crippen molar-refractivity contribution >= 4 is 27.5 Å². The molecule has 0 radical (unpaired) electrons. The van der Waals surface area contributed by atoms with E-state index < -0.39 is 21.6 Å². The van der Waals surface area contributed by atoms with Gasteiger partial charge in [0, 0.05) is 29.6 Å². The van der Waals surface area contributed by atoms with Crippen LogP contribution in [-0.2, 0) is 27.1 Å². The first-order valence-corrected chi connectivity index (χ1v) is 11.3. The molecule has 29 heavy (non-hydrogen) atoms. The number of sulfonamides is 1. The molecule has 1 aliphatic heterocycles. The fraction of sp³-hybridized carbons (Fsp3) is 0.474. The van der Waals surface area contributed by atoms with E-state index in [0.717, 1.165) is 17.3 Å². The van der Waals surface area contributed by atoms with E-state index in [9.17, 15) is 17.6 Å². The molecule has 1 aliphatic rings. The highest BCUT2D eigenvalue weighted by Gasteiger charge is 2.27. The molecule has 1 aromatic carbocycles. The van der Waals surface area contributed by atoms with E-state index in [1.807, 2.05) is 6.92 Å². The molecule has 1 fully saturated rings. The van der Waals surface area contributed by atoms with Crippen LogP contribution in [0.3, 0.4) is 0 Å². The zero-order chi connectivity index (χ0) is 21.2. The third-order valence-corrected chi connectivity index (χ3v) is 6.79. The van der Waals surface area contributed by atoms with Gasteiger partial charge in [-0.15, -0.1) is 0 Å². The quantitative estimate of drug-likeness (QED) is 0.740.